The Morgan fingerprint density at radius 1 is 1.36 bits per heavy atom. The van der Waals surface area contributed by atoms with Crippen molar-refractivity contribution >= 4 is 11.6 Å². The predicted molar refractivity (Wildman–Crippen MR) is 89.1 cm³/mol. The van der Waals surface area contributed by atoms with Crippen molar-refractivity contribution in [3.8, 4) is 0 Å². The SMILES string of the molecule is Cc1c(C(=O)Nc2cccc([C@@H](C)N)c2)cc(C2CC2)n1C. The van der Waals surface area contributed by atoms with Crippen molar-refractivity contribution in [3.05, 3.63) is 52.8 Å². The molecular weight excluding hydrogens is 274 g/mol. The lowest BCUT2D eigenvalue weighted by molar-refractivity contribution is 0.102. The van der Waals surface area contributed by atoms with Crippen LogP contribution in [0.15, 0.2) is 30.3 Å². The zero-order valence-corrected chi connectivity index (χ0v) is 13.4. The first-order valence-corrected chi connectivity index (χ1v) is 7.80. The molecule has 1 fully saturated rings. The highest BCUT2D eigenvalue weighted by Gasteiger charge is 2.28. The maximum atomic E-state index is 12.6. The Bertz CT molecular complexity index is 711. The number of nitrogens with two attached hydrogens (primary N) is 1. The summed E-state index contributed by atoms with van der Waals surface area (Å²) in [5.74, 6) is 0.577. The Balaban J connectivity index is 1.83. The summed E-state index contributed by atoms with van der Waals surface area (Å²) in [5, 5.41) is 2.99. The molecule has 0 bridgehead atoms. The normalized spacial score (nSPS) is 15.6. The molecular formula is C18H23N3O. The molecule has 1 amide bonds. The quantitative estimate of drug-likeness (QED) is 0.907. The van der Waals surface area contributed by atoms with Crippen LogP contribution in [-0.2, 0) is 7.05 Å². The molecule has 1 aliphatic rings. The molecule has 4 heteroatoms. The van der Waals surface area contributed by atoms with E-state index >= 15 is 0 Å². The molecule has 4 nitrogen and oxygen atoms in total. The molecule has 1 saturated carbocycles. The van der Waals surface area contributed by atoms with Gasteiger partial charge in [-0.05, 0) is 56.4 Å². The Morgan fingerprint density at radius 3 is 2.73 bits per heavy atom. The third-order valence-corrected chi connectivity index (χ3v) is 4.48. The average Bonchev–Trinajstić information content (AvgIpc) is 3.27. The summed E-state index contributed by atoms with van der Waals surface area (Å²) in [6, 6.07) is 9.71. The van der Waals surface area contributed by atoms with E-state index in [0.29, 0.717) is 5.92 Å². The predicted octanol–water partition coefficient (Wildman–Crippen LogP) is 3.48. The number of hydrogen-bond acceptors (Lipinski definition) is 2. The van der Waals surface area contributed by atoms with Crippen LogP contribution in [0.1, 0.15) is 59.0 Å². The van der Waals surface area contributed by atoms with Gasteiger partial charge in [0, 0.05) is 30.2 Å². The van der Waals surface area contributed by atoms with E-state index in [1.54, 1.807) is 0 Å². The summed E-state index contributed by atoms with van der Waals surface area (Å²) >= 11 is 0. The van der Waals surface area contributed by atoms with Crippen LogP contribution in [0.25, 0.3) is 0 Å². The number of nitrogens with zero attached hydrogens (tertiary/aromatic N) is 1. The zero-order valence-electron chi connectivity index (χ0n) is 13.4. The first-order chi connectivity index (χ1) is 10.5. The van der Waals surface area contributed by atoms with Crippen LogP contribution >= 0.6 is 0 Å². The second-order valence-electron chi connectivity index (χ2n) is 6.27. The van der Waals surface area contributed by atoms with Crippen molar-refractivity contribution in [3.63, 3.8) is 0 Å². The number of amides is 1. The minimum atomic E-state index is -0.0539. The lowest BCUT2D eigenvalue weighted by atomic mass is 10.1. The Kier molecular flexibility index (Phi) is 3.79. The minimum Gasteiger partial charge on any atom is -0.351 e. The van der Waals surface area contributed by atoms with Gasteiger partial charge in [0.25, 0.3) is 5.91 Å². The Morgan fingerprint density at radius 2 is 2.09 bits per heavy atom. The molecule has 2 aromatic rings. The summed E-state index contributed by atoms with van der Waals surface area (Å²) in [7, 11) is 2.04. The summed E-state index contributed by atoms with van der Waals surface area (Å²) < 4.78 is 2.14. The second kappa shape index (κ2) is 5.61. The number of benzene rings is 1. The molecule has 0 spiro atoms. The van der Waals surface area contributed by atoms with Gasteiger partial charge < -0.3 is 15.6 Å². The molecule has 1 aliphatic carbocycles. The van der Waals surface area contributed by atoms with E-state index in [1.807, 2.05) is 51.2 Å². The highest BCUT2D eigenvalue weighted by molar-refractivity contribution is 6.05. The molecule has 116 valence electrons. The van der Waals surface area contributed by atoms with Gasteiger partial charge in [-0.1, -0.05) is 12.1 Å². The fraction of sp³-hybridized carbons (Fsp3) is 0.389. The van der Waals surface area contributed by atoms with E-state index in [2.05, 4.69) is 9.88 Å². The van der Waals surface area contributed by atoms with Crippen LogP contribution in [0.4, 0.5) is 5.69 Å². The van der Waals surface area contributed by atoms with E-state index in [4.69, 9.17) is 5.73 Å². The van der Waals surface area contributed by atoms with Gasteiger partial charge in [0.1, 0.15) is 0 Å². The van der Waals surface area contributed by atoms with Crippen LogP contribution in [-0.4, -0.2) is 10.5 Å². The van der Waals surface area contributed by atoms with Crippen LogP contribution in [0.2, 0.25) is 0 Å². The molecule has 3 N–H and O–H groups in total. The Labute approximate surface area is 131 Å². The molecule has 3 rings (SSSR count). The Hall–Kier alpha value is -2.07. The average molecular weight is 297 g/mol. The first kappa shape index (κ1) is 14.9. The van der Waals surface area contributed by atoms with Crippen molar-refractivity contribution < 1.29 is 4.79 Å². The number of hydrogen-bond donors (Lipinski definition) is 2. The third-order valence-electron chi connectivity index (χ3n) is 4.48. The highest BCUT2D eigenvalue weighted by atomic mass is 16.1. The van der Waals surface area contributed by atoms with Crippen LogP contribution in [0.3, 0.4) is 0 Å². The number of anilines is 1. The molecule has 0 saturated heterocycles. The largest absolute Gasteiger partial charge is 0.351 e. The summed E-state index contributed by atoms with van der Waals surface area (Å²) in [4.78, 5) is 12.6. The number of carbonyl (C=O) groups excluding carboxylic acids is 1. The summed E-state index contributed by atoms with van der Waals surface area (Å²) in [6.07, 6.45) is 2.46. The maximum absolute atomic E-state index is 12.6. The standard InChI is InChI=1S/C18H23N3O/c1-11(19)14-5-4-6-15(9-14)20-18(22)16-10-17(13-7-8-13)21(3)12(16)2/h4-6,9-11,13H,7-8,19H2,1-3H3,(H,20,22)/t11-/m1/s1. The maximum Gasteiger partial charge on any atom is 0.257 e. The van der Waals surface area contributed by atoms with E-state index in [0.717, 1.165) is 22.5 Å². The van der Waals surface area contributed by atoms with Crippen molar-refractivity contribution in [1.29, 1.82) is 0 Å². The molecule has 1 atom stereocenters. The molecule has 0 unspecified atom stereocenters. The lowest BCUT2D eigenvalue weighted by Gasteiger charge is -2.09. The zero-order chi connectivity index (χ0) is 15.9. The van der Waals surface area contributed by atoms with E-state index in [-0.39, 0.29) is 11.9 Å². The number of rotatable bonds is 4. The smallest absolute Gasteiger partial charge is 0.257 e. The van der Waals surface area contributed by atoms with Crippen LogP contribution in [0.5, 0.6) is 0 Å². The van der Waals surface area contributed by atoms with Gasteiger partial charge in [-0.15, -0.1) is 0 Å². The van der Waals surface area contributed by atoms with E-state index in [9.17, 15) is 4.79 Å². The van der Waals surface area contributed by atoms with Crippen molar-refractivity contribution in [2.45, 2.75) is 38.6 Å². The molecule has 0 radical (unpaired) electrons. The summed E-state index contributed by atoms with van der Waals surface area (Å²) in [5.41, 5.74) is 10.7. The fourth-order valence-corrected chi connectivity index (χ4v) is 2.82. The van der Waals surface area contributed by atoms with Gasteiger partial charge in [0.15, 0.2) is 0 Å². The number of nitrogens with one attached hydrogen (secondary N) is 1. The monoisotopic (exact) mass is 297 g/mol. The van der Waals surface area contributed by atoms with Gasteiger partial charge in [-0.3, -0.25) is 4.79 Å². The highest BCUT2D eigenvalue weighted by Crippen LogP contribution is 2.41. The van der Waals surface area contributed by atoms with Crippen LogP contribution in [0, 0.1) is 6.92 Å². The van der Waals surface area contributed by atoms with Crippen molar-refractivity contribution in [2.75, 3.05) is 5.32 Å². The van der Waals surface area contributed by atoms with E-state index in [1.165, 1.54) is 18.5 Å². The van der Waals surface area contributed by atoms with Gasteiger partial charge in [0.05, 0.1) is 5.56 Å². The molecule has 22 heavy (non-hydrogen) atoms. The van der Waals surface area contributed by atoms with Crippen molar-refractivity contribution in [1.82, 2.24) is 4.57 Å². The fourth-order valence-electron chi connectivity index (χ4n) is 2.82. The molecule has 1 aromatic carbocycles. The first-order valence-electron chi connectivity index (χ1n) is 7.80. The summed E-state index contributed by atoms with van der Waals surface area (Å²) in [6.45, 7) is 3.93. The number of aromatic nitrogens is 1. The lowest BCUT2D eigenvalue weighted by Crippen LogP contribution is -2.13. The van der Waals surface area contributed by atoms with E-state index < -0.39 is 0 Å². The second-order valence-corrected chi connectivity index (χ2v) is 6.27. The topological polar surface area (TPSA) is 60.1 Å². The van der Waals surface area contributed by atoms with Gasteiger partial charge in [0.2, 0.25) is 0 Å². The third kappa shape index (κ3) is 2.79. The van der Waals surface area contributed by atoms with Gasteiger partial charge in [-0.2, -0.15) is 0 Å². The number of carbonyl (C=O) groups is 1. The van der Waals surface area contributed by atoms with Gasteiger partial charge >= 0.3 is 0 Å². The molecule has 0 aliphatic heterocycles. The van der Waals surface area contributed by atoms with Gasteiger partial charge in [-0.25, -0.2) is 0 Å². The van der Waals surface area contributed by atoms with Crippen LogP contribution < -0.4 is 11.1 Å². The van der Waals surface area contributed by atoms with Crippen molar-refractivity contribution in [2.24, 2.45) is 12.8 Å². The molecule has 1 heterocycles. The molecule has 1 aromatic heterocycles. The minimum absolute atomic E-state index is 0.0446.